The SMILES string of the molecule is Cl.Cl.Cn1cc2cccc(N)c2n1. The molecule has 0 radical (unpaired) electrons. The summed E-state index contributed by atoms with van der Waals surface area (Å²) >= 11 is 0. The minimum absolute atomic E-state index is 0. The van der Waals surface area contributed by atoms with E-state index in [0.717, 1.165) is 16.6 Å². The van der Waals surface area contributed by atoms with Gasteiger partial charge in [-0.05, 0) is 6.07 Å². The summed E-state index contributed by atoms with van der Waals surface area (Å²) in [5, 5.41) is 5.29. The molecule has 0 fully saturated rings. The first-order valence-corrected chi connectivity index (χ1v) is 3.45. The number of halogens is 2. The van der Waals surface area contributed by atoms with Crippen molar-refractivity contribution in [2.75, 3.05) is 5.73 Å². The van der Waals surface area contributed by atoms with Crippen LogP contribution in [0.4, 0.5) is 5.69 Å². The van der Waals surface area contributed by atoms with Crippen LogP contribution in [0, 0.1) is 0 Å². The second-order valence-corrected chi connectivity index (χ2v) is 2.59. The van der Waals surface area contributed by atoms with Crippen LogP contribution in [0.5, 0.6) is 0 Å². The van der Waals surface area contributed by atoms with E-state index in [0.29, 0.717) is 0 Å². The highest BCUT2D eigenvalue weighted by Gasteiger charge is 1.99. The van der Waals surface area contributed by atoms with Gasteiger partial charge in [0, 0.05) is 18.6 Å². The Morgan fingerprint density at radius 1 is 1.31 bits per heavy atom. The summed E-state index contributed by atoms with van der Waals surface area (Å²) in [6.45, 7) is 0. The van der Waals surface area contributed by atoms with Gasteiger partial charge >= 0.3 is 0 Å². The van der Waals surface area contributed by atoms with Crippen LogP contribution < -0.4 is 5.73 Å². The second-order valence-electron chi connectivity index (χ2n) is 2.59. The Morgan fingerprint density at radius 2 is 2.00 bits per heavy atom. The van der Waals surface area contributed by atoms with Crippen LogP contribution in [0.2, 0.25) is 0 Å². The molecule has 72 valence electrons. The Hall–Kier alpha value is -0.930. The van der Waals surface area contributed by atoms with Gasteiger partial charge in [-0.15, -0.1) is 24.8 Å². The van der Waals surface area contributed by atoms with Crippen molar-refractivity contribution in [3.8, 4) is 0 Å². The summed E-state index contributed by atoms with van der Waals surface area (Å²) in [6.07, 6.45) is 1.95. The number of aryl methyl sites for hydroxylation is 1. The van der Waals surface area contributed by atoms with Gasteiger partial charge in [-0.2, -0.15) is 5.10 Å². The highest BCUT2D eigenvalue weighted by molar-refractivity contribution is 5.88. The lowest BCUT2D eigenvalue weighted by Crippen LogP contribution is -1.88. The largest absolute Gasteiger partial charge is 0.397 e. The topological polar surface area (TPSA) is 43.8 Å². The average molecular weight is 220 g/mol. The summed E-state index contributed by atoms with van der Waals surface area (Å²) in [5.41, 5.74) is 7.32. The molecule has 0 spiro atoms. The van der Waals surface area contributed by atoms with Crippen LogP contribution >= 0.6 is 24.8 Å². The molecule has 0 bridgehead atoms. The zero-order valence-electron chi connectivity index (χ0n) is 7.10. The maximum Gasteiger partial charge on any atom is 0.115 e. The van der Waals surface area contributed by atoms with Gasteiger partial charge in [-0.3, -0.25) is 4.68 Å². The fourth-order valence-corrected chi connectivity index (χ4v) is 1.19. The second kappa shape index (κ2) is 4.35. The molecule has 0 aliphatic rings. The van der Waals surface area contributed by atoms with Crippen molar-refractivity contribution in [2.24, 2.45) is 7.05 Å². The molecule has 2 N–H and O–H groups in total. The zero-order chi connectivity index (χ0) is 7.84. The number of nitrogen functional groups attached to an aromatic ring is 1. The first-order valence-electron chi connectivity index (χ1n) is 3.45. The molecule has 0 unspecified atom stereocenters. The van der Waals surface area contributed by atoms with E-state index in [1.165, 1.54) is 0 Å². The summed E-state index contributed by atoms with van der Waals surface area (Å²) < 4.78 is 1.76. The van der Waals surface area contributed by atoms with E-state index < -0.39 is 0 Å². The smallest absolute Gasteiger partial charge is 0.115 e. The molecule has 1 aromatic carbocycles. The van der Waals surface area contributed by atoms with Gasteiger partial charge in [0.15, 0.2) is 0 Å². The number of rotatable bonds is 0. The van der Waals surface area contributed by atoms with Gasteiger partial charge in [0.1, 0.15) is 5.52 Å². The van der Waals surface area contributed by atoms with Gasteiger partial charge in [-0.1, -0.05) is 12.1 Å². The number of hydrogen-bond donors (Lipinski definition) is 1. The molecular formula is C8H11Cl2N3. The zero-order valence-corrected chi connectivity index (χ0v) is 8.73. The van der Waals surface area contributed by atoms with Gasteiger partial charge < -0.3 is 5.73 Å². The maximum atomic E-state index is 5.69. The van der Waals surface area contributed by atoms with Crippen LogP contribution in [-0.2, 0) is 7.05 Å². The van der Waals surface area contributed by atoms with Crippen LogP contribution in [0.25, 0.3) is 10.9 Å². The highest BCUT2D eigenvalue weighted by Crippen LogP contribution is 2.17. The van der Waals surface area contributed by atoms with Crippen molar-refractivity contribution in [1.29, 1.82) is 0 Å². The van der Waals surface area contributed by atoms with E-state index >= 15 is 0 Å². The van der Waals surface area contributed by atoms with E-state index in [1.807, 2.05) is 31.4 Å². The Kier molecular flexibility index (Phi) is 4.04. The molecule has 1 heterocycles. The van der Waals surface area contributed by atoms with Crippen molar-refractivity contribution in [3.63, 3.8) is 0 Å². The number of nitrogens with two attached hydrogens (primary N) is 1. The molecule has 0 saturated heterocycles. The van der Waals surface area contributed by atoms with E-state index in [2.05, 4.69) is 5.10 Å². The van der Waals surface area contributed by atoms with Crippen LogP contribution in [0.3, 0.4) is 0 Å². The lowest BCUT2D eigenvalue weighted by atomic mass is 10.2. The molecule has 0 aliphatic carbocycles. The Morgan fingerprint density at radius 3 is 2.62 bits per heavy atom. The van der Waals surface area contributed by atoms with Crippen molar-refractivity contribution in [3.05, 3.63) is 24.4 Å². The number of benzene rings is 1. The summed E-state index contributed by atoms with van der Waals surface area (Å²) in [4.78, 5) is 0. The standard InChI is InChI=1S/C8H9N3.2ClH/c1-11-5-6-3-2-4-7(9)8(6)10-11;;/h2-5H,9H2,1H3;2*1H. The monoisotopic (exact) mass is 219 g/mol. The molecule has 0 amide bonds. The van der Waals surface area contributed by atoms with Crippen LogP contribution in [-0.4, -0.2) is 9.78 Å². The van der Waals surface area contributed by atoms with E-state index in [-0.39, 0.29) is 24.8 Å². The summed E-state index contributed by atoms with van der Waals surface area (Å²) in [6, 6.07) is 5.79. The first kappa shape index (κ1) is 12.1. The van der Waals surface area contributed by atoms with E-state index in [9.17, 15) is 0 Å². The van der Waals surface area contributed by atoms with E-state index in [1.54, 1.807) is 4.68 Å². The van der Waals surface area contributed by atoms with Gasteiger partial charge in [-0.25, -0.2) is 0 Å². The maximum absolute atomic E-state index is 5.69. The lowest BCUT2D eigenvalue weighted by Gasteiger charge is -1.90. The van der Waals surface area contributed by atoms with Crippen molar-refractivity contribution in [1.82, 2.24) is 9.78 Å². The van der Waals surface area contributed by atoms with E-state index in [4.69, 9.17) is 5.73 Å². The Labute approximate surface area is 88.7 Å². The first-order chi connectivity index (χ1) is 5.27. The molecule has 3 nitrogen and oxygen atoms in total. The molecule has 0 aliphatic heterocycles. The third kappa shape index (κ3) is 2.05. The number of anilines is 1. The number of hydrogen-bond acceptors (Lipinski definition) is 2. The molecule has 0 saturated carbocycles. The fourth-order valence-electron chi connectivity index (χ4n) is 1.19. The van der Waals surface area contributed by atoms with Gasteiger partial charge in [0.25, 0.3) is 0 Å². The van der Waals surface area contributed by atoms with Crippen LogP contribution in [0.1, 0.15) is 0 Å². The minimum Gasteiger partial charge on any atom is -0.397 e. The molecular weight excluding hydrogens is 209 g/mol. The average Bonchev–Trinajstić information content (AvgIpc) is 2.31. The number of aromatic nitrogens is 2. The normalized spacial score (nSPS) is 9.00. The third-order valence-electron chi connectivity index (χ3n) is 1.68. The predicted molar refractivity (Wildman–Crippen MR) is 59.6 cm³/mol. The fraction of sp³-hybridized carbons (Fsp3) is 0.125. The Balaban J connectivity index is 0.000000720. The van der Waals surface area contributed by atoms with Gasteiger partial charge in [0.2, 0.25) is 0 Å². The predicted octanol–water partition coefficient (Wildman–Crippen LogP) is 2.00. The quantitative estimate of drug-likeness (QED) is 0.690. The number of fused-ring (bicyclic) bond motifs is 1. The lowest BCUT2D eigenvalue weighted by molar-refractivity contribution is 0.780. The van der Waals surface area contributed by atoms with Crippen molar-refractivity contribution >= 4 is 41.4 Å². The van der Waals surface area contributed by atoms with Crippen molar-refractivity contribution < 1.29 is 0 Å². The minimum atomic E-state index is 0. The third-order valence-corrected chi connectivity index (χ3v) is 1.68. The summed E-state index contributed by atoms with van der Waals surface area (Å²) in [7, 11) is 1.89. The van der Waals surface area contributed by atoms with Gasteiger partial charge in [0.05, 0.1) is 5.69 Å². The van der Waals surface area contributed by atoms with Crippen molar-refractivity contribution in [2.45, 2.75) is 0 Å². The number of nitrogens with zero attached hydrogens (tertiary/aromatic N) is 2. The molecule has 2 aromatic rings. The Bertz CT molecular complexity index is 397. The van der Waals surface area contributed by atoms with Crippen LogP contribution in [0.15, 0.2) is 24.4 Å². The highest BCUT2D eigenvalue weighted by atomic mass is 35.5. The molecule has 0 atom stereocenters. The molecule has 5 heteroatoms. The molecule has 2 rings (SSSR count). The molecule has 13 heavy (non-hydrogen) atoms. The summed E-state index contributed by atoms with van der Waals surface area (Å²) in [5.74, 6) is 0. The molecule has 1 aromatic heterocycles.